The van der Waals surface area contributed by atoms with E-state index in [4.69, 9.17) is 0 Å². The van der Waals surface area contributed by atoms with Crippen molar-refractivity contribution in [3.63, 3.8) is 0 Å². The molecule has 140 valence electrons. The molecule has 0 aliphatic heterocycles. The lowest BCUT2D eigenvalue weighted by atomic mass is 9.95. The van der Waals surface area contributed by atoms with Gasteiger partial charge in [0.05, 0.1) is 0 Å². The number of unbranched alkanes of at least 4 members (excludes halogenated alkanes) is 1. The molecule has 0 unspecified atom stereocenters. The highest BCUT2D eigenvalue weighted by molar-refractivity contribution is 5.66. The Kier molecular flexibility index (Phi) is 5.92. The van der Waals surface area contributed by atoms with Gasteiger partial charge < -0.3 is 0 Å². The molecule has 0 heteroatoms. The second-order valence-electron chi connectivity index (χ2n) is 8.56. The third-order valence-electron chi connectivity index (χ3n) is 6.03. The summed E-state index contributed by atoms with van der Waals surface area (Å²) in [6, 6.07) is 20.1. The number of hydrogen-bond donors (Lipinski definition) is 0. The molecular weight excluding hydrogens is 324 g/mol. The van der Waals surface area contributed by atoms with Crippen LogP contribution >= 0.6 is 0 Å². The lowest BCUT2D eigenvalue weighted by molar-refractivity contribution is 0.779. The van der Waals surface area contributed by atoms with Gasteiger partial charge in [0.25, 0.3) is 0 Å². The average Bonchev–Trinajstić information content (AvgIpc) is 3.59. The first kappa shape index (κ1) is 18.3. The van der Waals surface area contributed by atoms with Crippen molar-refractivity contribution >= 4 is 5.57 Å². The van der Waals surface area contributed by atoms with Gasteiger partial charge in [0.2, 0.25) is 0 Å². The van der Waals surface area contributed by atoms with Gasteiger partial charge >= 0.3 is 0 Å². The highest BCUT2D eigenvalue weighted by Gasteiger charge is 2.24. The molecule has 0 radical (unpaired) electrons. The van der Waals surface area contributed by atoms with Crippen LogP contribution in [0.15, 0.2) is 72.8 Å². The summed E-state index contributed by atoms with van der Waals surface area (Å²) in [5, 5.41) is 0. The van der Waals surface area contributed by atoms with Crippen molar-refractivity contribution in [1.29, 1.82) is 0 Å². The smallest absolute Gasteiger partial charge is 0.00258 e. The first-order valence-electron chi connectivity index (χ1n) is 10.8. The molecule has 27 heavy (non-hydrogen) atoms. The molecule has 0 amide bonds. The zero-order valence-electron chi connectivity index (χ0n) is 16.5. The van der Waals surface area contributed by atoms with Crippen molar-refractivity contribution in [3.05, 3.63) is 89.5 Å². The first-order valence-corrected chi connectivity index (χ1v) is 10.8. The van der Waals surface area contributed by atoms with E-state index in [1.807, 2.05) is 0 Å². The maximum Gasteiger partial charge on any atom is -0.00258 e. The van der Waals surface area contributed by atoms with Gasteiger partial charge in [-0.25, -0.2) is 0 Å². The van der Waals surface area contributed by atoms with Crippen molar-refractivity contribution in [3.8, 4) is 0 Å². The summed E-state index contributed by atoms with van der Waals surface area (Å²) in [5.74, 6) is 1.79. The lowest BCUT2D eigenvalue weighted by Gasteiger charge is -2.10. The lowest BCUT2D eigenvalue weighted by Crippen LogP contribution is -1.91. The molecule has 2 aromatic carbocycles. The van der Waals surface area contributed by atoms with Crippen LogP contribution in [0.2, 0.25) is 0 Å². The zero-order chi connectivity index (χ0) is 18.5. The van der Waals surface area contributed by atoms with Gasteiger partial charge in [-0.05, 0) is 91.9 Å². The van der Waals surface area contributed by atoms with Gasteiger partial charge in [-0.2, -0.15) is 0 Å². The summed E-state index contributed by atoms with van der Waals surface area (Å²) in [6.45, 7) is 4.27. The molecule has 2 aliphatic carbocycles. The van der Waals surface area contributed by atoms with E-state index in [0.717, 1.165) is 18.3 Å². The van der Waals surface area contributed by atoms with Gasteiger partial charge in [0.1, 0.15) is 0 Å². The van der Waals surface area contributed by atoms with Crippen LogP contribution in [-0.2, 0) is 6.42 Å². The fourth-order valence-electron chi connectivity index (χ4n) is 3.92. The predicted molar refractivity (Wildman–Crippen MR) is 117 cm³/mol. The van der Waals surface area contributed by atoms with Crippen LogP contribution in [0.1, 0.15) is 68.1 Å². The molecule has 2 aliphatic rings. The van der Waals surface area contributed by atoms with Crippen LogP contribution in [-0.4, -0.2) is 0 Å². The van der Waals surface area contributed by atoms with Gasteiger partial charge in [0.15, 0.2) is 0 Å². The molecule has 0 spiro atoms. The third kappa shape index (κ3) is 5.70. The molecule has 4 rings (SSSR count). The molecule has 2 fully saturated rings. The number of benzene rings is 2. The van der Waals surface area contributed by atoms with E-state index in [0.29, 0.717) is 0 Å². The van der Waals surface area contributed by atoms with Crippen LogP contribution in [0.3, 0.4) is 0 Å². The maximum absolute atomic E-state index is 4.27. The normalized spacial score (nSPS) is 17.1. The van der Waals surface area contributed by atoms with E-state index in [1.54, 1.807) is 5.57 Å². The minimum absolute atomic E-state index is 0.858. The van der Waals surface area contributed by atoms with E-state index in [1.165, 1.54) is 73.6 Å². The van der Waals surface area contributed by atoms with E-state index in [2.05, 4.69) is 67.3 Å². The van der Waals surface area contributed by atoms with E-state index >= 15 is 0 Å². The second-order valence-corrected chi connectivity index (χ2v) is 8.56. The summed E-state index contributed by atoms with van der Waals surface area (Å²) >= 11 is 0. The Morgan fingerprint density at radius 2 is 1.59 bits per heavy atom. The topological polar surface area (TPSA) is 0 Å². The van der Waals surface area contributed by atoms with Gasteiger partial charge in [0, 0.05) is 0 Å². The van der Waals surface area contributed by atoms with Crippen LogP contribution in [0, 0.1) is 11.8 Å². The quantitative estimate of drug-likeness (QED) is 0.304. The molecular formula is C27H32. The van der Waals surface area contributed by atoms with Crippen molar-refractivity contribution in [1.82, 2.24) is 0 Å². The SMILES string of the molecule is C=C(CCCC=C(CC1CC1)c1ccc(Cc2ccccc2)cc1)C1CC1. The van der Waals surface area contributed by atoms with Crippen molar-refractivity contribution < 1.29 is 0 Å². The van der Waals surface area contributed by atoms with Gasteiger partial charge in [-0.1, -0.05) is 72.8 Å². The summed E-state index contributed by atoms with van der Waals surface area (Å²) in [6.07, 6.45) is 14.1. The Morgan fingerprint density at radius 3 is 2.26 bits per heavy atom. The molecule has 0 heterocycles. The highest BCUT2D eigenvalue weighted by atomic mass is 14.3. The Bertz CT molecular complexity index is 771. The predicted octanol–water partition coefficient (Wildman–Crippen LogP) is 7.60. The average molecular weight is 357 g/mol. The minimum atomic E-state index is 0.858. The number of allylic oxidation sites excluding steroid dienone is 3. The molecule has 2 saturated carbocycles. The monoisotopic (exact) mass is 356 g/mol. The summed E-state index contributed by atoms with van der Waals surface area (Å²) in [5.41, 5.74) is 7.28. The maximum atomic E-state index is 4.27. The minimum Gasteiger partial charge on any atom is -0.0996 e. The van der Waals surface area contributed by atoms with E-state index < -0.39 is 0 Å². The van der Waals surface area contributed by atoms with E-state index in [-0.39, 0.29) is 0 Å². The van der Waals surface area contributed by atoms with Crippen LogP contribution < -0.4 is 0 Å². The molecule has 0 N–H and O–H groups in total. The van der Waals surface area contributed by atoms with Crippen molar-refractivity contribution in [2.24, 2.45) is 11.8 Å². The third-order valence-corrected chi connectivity index (χ3v) is 6.03. The summed E-state index contributed by atoms with van der Waals surface area (Å²) < 4.78 is 0. The van der Waals surface area contributed by atoms with Crippen LogP contribution in [0.25, 0.3) is 5.57 Å². The highest BCUT2D eigenvalue weighted by Crippen LogP contribution is 2.39. The fourth-order valence-corrected chi connectivity index (χ4v) is 3.92. The largest absolute Gasteiger partial charge is 0.0996 e. The second kappa shape index (κ2) is 8.74. The fraction of sp³-hybridized carbons (Fsp3) is 0.407. The Balaban J connectivity index is 1.37. The molecule has 0 aromatic heterocycles. The Morgan fingerprint density at radius 1 is 0.889 bits per heavy atom. The molecule has 0 saturated heterocycles. The van der Waals surface area contributed by atoms with Crippen molar-refractivity contribution in [2.45, 2.75) is 57.8 Å². The first-order chi connectivity index (χ1) is 13.3. The summed E-state index contributed by atoms with van der Waals surface area (Å²) in [7, 11) is 0. The van der Waals surface area contributed by atoms with Gasteiger partial charge in [-0.15, -0.1) is 0 Å². The van der Waals surface area contributed by atoms with Crippen molar-refractivity contribution in [2.75, 3.05) is 0 Å². The molecule has 0 nitrogen and oxygen atoms in total. The van der Waals surface area contributed by atoms with E-state index in [9.17, 15) is 0 Å². The molecule has 0 atom stereocenters. The van der Waals surface area contributed by atoms with Crippen LogP contribution in [0.5, 0.6) is 0 Å². The summed E-state index contributed by atoms with van der Waals surface area (Å²) in [4.78, 5) is 0. The number of rotatable bonds is 10. The Hall–Kier alpha value is -2.08. The molecule has 0 bridgehead atoms. The van der Waals surface area contributed by atoms with Gasteiger partial charge in [-0.3, -0.25) is 0 Å². The molecule has 2 aromatic rings. The zero-order valence-corrected chi connectivity index (χ0v) is 16.5. The standard InChI is InChI=1S/C27H32/c1-21(25-17-18-25)7-5-6-10-27(20-24-11-12-24)26-15-13-23(14-16-26)19-22-8-3-2-4-9-22/h2-4,8-10,13-16,24-25H,1,5-7,11-12,17-20H2. The number of hydrogen-bond acceptors (Lipinski definition) is 0. The Labute approximate surface area is 165 Å². The van der Waals surface area contributed by atoms with Crippen LogP contribution in [0.4, 0.5) is 0 Å².